The zero-order valence-corrected chi connectivity index (χ0v) is 12.0. The van der Waals surface area contributed by atoms with Crippen molar-refractivity contribution in [2.45, 2.75) is 19.9 Å². The van der Waals surface area contributed by atoms with Crippen LogP contribution in [0.5, 0.6) is 0 Å². The van der Waals surface area contributed by atoms with Crippen LogP contribution < -0.4 is 16.6 Å². The number of aryl methyl sites for hydroxylation is 1. The first-order chi connectivity index (χ1) is 10.2. The SMILES string of the molecule is Cc1ccc(C(C)Nc2nc(NN)cn3ccnc23)cc1. The molecule has 1 unspecified atom stereocenters. The Hall–Kier alpha value is -2.60. The van der Waals surface area contributed by atoms with Crippen molar-refractivity contribution in [1.82, 2.24) is 14.4 Å². The molecule has 1 atom stereocenters. The zero-order chi connectivity index (χ0) is 14.8. The lowest BCUT2D eigenvalue weighted by molar-refractivity contribution is 0.872. The van der Waals surface area contributed by atoms with Crippen molar-refractivity contribution < 1.29 is 0 Å². The molecule has 6 heteroatoms. The Morgan fingerprint density at radius 1 is 1.24 bits per heavy atom. The fourth-order valence-corrected chi connectivity index (χ4v) is 2.24. The number of nitrogen functional groups attached to an aromatic ring is 1. The molecule has 2 aromatic heterocycles. The monoisotopic (exact) mass is 282 g/mol. The predicted molar refractivity (Wildman–Crippen MR) is 84.0 cm³/mol. The van der Waals surface area contributed by atoms with Crippen molar-refractivity contribution in [2.24, 2.45) is 5.84 Å². The average molecular weight is 282 g/mol. The minimum absolute atomic E-state index is 0.117. The van der Waals surface area contributed by atoms with Crippen molar-refractivity contribution >= 4 is 17.3 Å². The van der Waals surface area contributed by atoms with E-state index in [1.54, 1.807) is 12.4 Å². The molecule has 0 bridgehead atoms. The quantitative estimate of drug-likeness (QED) is 0.506. The number of fused-ring (bicyclic) bond motifs is 1. The maximum atomic E-state index is 5.46. The number of benzene rings is 1. The van der Waals surface area contributed by atoms with Crippen LogP contribution in [0.2, 0.25) is 0 Å². The maximum Gasteiger partial charge on any atom is 0.180 e. The Kier molecular flexibility index (Phi) is 3.45. The molecular weight excluding hydrogens is 264 g/mol. The zero-order valence-electron chi connectivity index (χ0n) is 12.0. The van der Waals surface area contributed by atoms with E-state index in [0.717, 1.165) is 5.65 Å². The number of hydrazine groups is 1. The third kappa shape index (κ3) is 2.66. The lowest BCUT2D eigenvalue weighted by Gasteiger charge is -2.16. The molecule has 0 saturated carbocycles. The van der Waals surface area contributed by atoms with Gasteiger partial charge in [0.1, 0.15) is 0 Å². The highest BCUT2D eigenvalue weighted by atomic mass is 15.3. The highest BCUT2D eigenvalue weighted by Gasteiger charge is 2.11. The summed E-state index contributed by atoms with van der Waals surface area (Å²) < 4.78 is 1.88. The molecule has 0 aliphatic heterocycles. The van der Waals surface area contributed by atoms with Gasteiger partial charge >= 0.3 is 0 Å². The topological polar surface area (TPSA) is 80.3 Å². The highest BCUT2D eigenvalue weighted by molar-refractivity contribution is 5.65. The molecule has 3 aromatic rings. The van der Waals surface area contributed by atoms with Crippen molar-refractivity contribution in [3.63, 3.8) is 0 Å². The minimum atomic E-state index is 0.117. The number of rotatable bonds is 4. The van der Waals surface area contributed by atoms with Crippen LogP contribution in [-0.2, 0) is 0 Å². The van der Waals surface area contributed by atoms with Gasteiger partial charge in [0.2, 0.25) is 0 Å². The number of nitrogens with zero attached hydrogens (tertiary/aromatic N) is 3. The van der Waals surface area contributed by atoms with Crippen LogP contribution in [0.25, 0.3) is 5.65 Å². The second kappa shape index (κ2) is 5.41. The van der Waals surface area contributed by atoms with Gasteiger partial charge in [-0.3, -0.25) is 0 Å². The van der Waals surface area contributed by atoms with Crippen molar-refractivity contribution in [2.75, 3.05) is 10.7 Å². The molecule has 3 rings (SSSR count). The molecule has 2 heterocycles. The van der Waals surface area contributed by atoms with E-state index in [1.807, 2.05) is 10.6 Å². The van der Waals surface area contributed by atoms with Gasteiger partial charge in [0.15, 0.2) is 17.3 Å². The van der Waals surface area contributed by atoms with E-state index < -0.39 is 0 Å². The van der Waals surface area contributed by atoms with E-state index >= 15 is 0 Å². The smallest absolute Gasteiger partial charge is 0.180 e. The Morgan fingerprint density at radius 2 is 2.00 bits per heavy atom. The molecule has 0 amide bonds. The van der Waals surface area contributed by atoms with Crippen LogP contribution in [0.1, 0.15) is 24.1 Å². The molecule has 0 radical (unpaired) electrons. The first kappa shape index (κ1) is 13.4. The van der Waals surface area contributed by atoms with Gasteiger partial charge in [0, 0.05) is 12.4 Å². The second-order valence-electron chi connectivity index (χ2n) is 5.05. The van der Waals surface area contributed by atoms with E-state index in [-0.39, 0.29) is 6.04 Å². The van der Waals surface area contributed by atoms with Crippen LogP contribution in [0.4, 0.5) is 11.6 Å². The predicted octanol–water partition coefficient (Wildman–Crippen LogP) is 2.50. The fourth-order valence-electron chi connectivity index (χ4n) is 2.24. The van der Waals surface area contributed by atoms with Crippen molar-refractivity contribution in [3.05, 3.63) is 54.0 Å². The van der Waals surface area contributed by atoms with Crippen LogP contribution >= 0.6 is 0 Å². The lowest BCUT2D eigenvalue weighted by atomic mass is 10.1. The first-order valence-electron chi connectivity index (χ1n) is 6.81. The van der Waals surface area contributed by atoms with Crippen molar-refractivity contribution in [1.29, 1.82) is 0 Å². The van der Waals surface area contributed by atoms with E-state index in [0.29, 0.717) is 11.6 Å². The molecule has 0 fully saturated rings. The van der Waals surface area contributed by atoms with Gasteiger partial charge in [-0.25, -0.2) is 15.8 Å². The summed E-state index contributed by atoms with van der Waals surface area (Å²) in [6, 6.07) is 8.54. The van der Waals surface area contributed by atoms with E-state index in [1.165, 1.54) is 11.1 Å². The largest absolute Gasteiger partial charge is 0.360 e. The highest BCUT2D eigenvalue weighted by Crippen LogP contribution is 2.22. The third-order valence-corrected chi connectivity index (χ3v) is 3.45. The lowest BCUT2D eigenvalue weighted by Crippen LogP contribution is -2.13. The maximum absolute atomic E-state index is 5.46. The summed E-state index contributed by atoms with van der Waals surface area (Å²) in [5.74, 6) is 6.74. The number of nitrogens with one attached hydrogen (secondary N) is 2. The molecule has 0 aliphatic carbocycles. The third-order valence-electron chi connectivity index (χ3n) is 3.45. The summed E-state index contributed by atoms with van der Waals surface area (Å²) in [5, 5.41) is 3.39. The number of hydrogen-bond acceptors (Lipinski definition) is 5. The Bertz CT molecular complexity index is 746. The van der Waals surface area contributed by atoms with E-state index in [2.05, 4.69) is 58.8 Å². The fraction of sp³-hybridized carbons (Fsp3) is 0.200. The van der Waals surface area contributed by atoms with Gasteiger partial charge in [-0.1, -0.05) is 29.8 Å². The molecule has 21 heavy (non-hydrogen) atoms. The summed E-state index contributed by atoms with van der Waals surface area (Å²) >= 11 is 0. The van der Waals surface area contributed by atoms with Gasteiger partial charge in [0.05, 0.1) is 12.2 Å². The molecule has 0 saturated heterocycles. The number of anilines is 2. The summed E-state index contributed by atoms with van der Waals surface area (Å²) in [7, 11) is 0. The van der Waals surface area contributed by atoms with Crippen LogP contribution in [-0.4, -0.2) is 14.4 Å². The molecule has 108 valence electrons. The Labute approximate surface area is 123 Å². The normalized spacial score (nSPS) is 12.3. The number of aromatic nitrogens is 3. The summed E-state index contributed by atoms with van der Waals surface area (Å²) in [5.41, 5.74) is 5.78. The summed E-state index contributed by atoms with van der Waals surface area (Å²) in [6.07, 6.45) is 5.39. The molecule has 4 N–H and O–H groups in total. The number of imidazole rings is 1. The van der Waals surface area contributed by atoms with Crippen molar-refractivity contribution in [3.8, 4) is 0 Å². The van der Waals surface area contributed by atoms with E-state index in [9.17, 15) is 0 Å². The Morgan fingerprint density at radius 3 is 2.71 bits per heavy atom. The summed E-state index contributed by atoms with van der Waals surface area (Å²) in [4.78, 5) is 8.77. The number of nitrogens with two attached hydrogens (primary N) is 1. The Balaban J connectivity index is 1.93. The molecule has 6 nitrogen and oxygen atoms in total. The van der Waals surface area contributed by atoms with Crippen LogP contribution in [0.3, 0.4) is 0 Å². The van der Waals surface area contributed by atoms with Gasteiger partial charge < -0.3 is 15.1 Å². The summed E-state index contributed by atoms with van der Waals surface area (Å²) in [6.45, 7) is 4.17. The second-order valence-corrected chi connectivity index (χ2v) is 5.05. The molecular formula is C15H18N6. The molecule has 1 aromatic carbocycles. The minimum Gasteiger partial charge on any atom is -0.360 e. The number of hydrogen-bond donors (Lipinski definition) is 3. The molecule has 0 spiro atoms. The first-order valence-corrected chi connectivity index (χ1v) is 6.81. The standard InChI is InChI=1S/C15H18N6/c1-10-3-5-12(6-4-10)11(2)18-14-15-17-7-8-21(15)9-13(19-14)20-16/h3-9,11,20H,16H2,1-2H3,(H,18,19). The average Bonchev–Trinajstić information content (AvgIpc) is 2.96. The van der Waals surface area contributed by atoms with Gasteiger partial charge in [-0.05, 0) is 19.4 Å². The van der Waals surface area contributed by atoms with Gasteiger partial charge in [0.25, 0.3) is 0 Å². The van der Waals surface area contributed by atoms with E-state index in [4.69, 9.17) is 5.84 Å². The van der Waals surface area contributed by atoms with Gasteiger partial charge in [-0.15, -0.1) is 0 Å². The van der Waals surface area contributed by atoms with Crippen LogP contribution in [0, 0.1) is 6.92 Å². The van der Waals surface area contributed by atoms with Gasteiger partial charge in [-0.2, -0.15) is 0 Å². The molecule has 0 aliphatic rings. The van der Waals surface area contributed by atoms with Crippen LogP contribution in [0.15, 0.2) is 42.9 Å².